The van der Waals surface area contributed by atoms with E-state index in [0.29, 0.717) is 12.0 Å². The lowest BCUT2D eigenvalue weighted by molar-refractivity contribution is 0.154. The first-order valence-electron chi connectivity index (χ1n) is 11.0. The van der Waals surface area contributed by atoms with Crippen LogP contribution < -0.4 is 5.32 Å². The number of piperidine rings is 1. The molecule has 0 spiro atoms. The number of amides is 2. The van der Waals surface area contributed by atoms with Crippen LogP contribution in [-0.4, -0.2) is 48.6 Å². The highest BCUT2D eigenvalue weighted by atomic mass is 16.2. The Balaban J connectivity index is 1.42. The van der Waals surface area contributed by atoms with E-state index in [2.05, 4.69) is 40.5 Å². The lowest BCUT2D eigenvalue weighted by atomic mass is 9.96. The van der Waals surface area contributed by atoms with Crippen LogP contribution in [-0.2, 0) is 6.54 Å². The monoisotopic (exact) mass is 371 g/mol. The Morgan fingerprint density at radius 2 is 1.74 bits per heavy atom. The molecule has 1 aromatic carbocycles. The van der Waals surface area contributed by atoms with E-state index in [4.69, 9.17) is 0 Å². The smallest absolute Gasteiger partial charge is 0.317 e. The molecule has 2 aliphatic rings. The van der Waals surface area contributed by atoms with Crippen molar-refractivity contribution < 1.29 is 4.79 Å². The van der Waals surface area contributed by atoms with E-state index >= 15 is 0 Å². The summed E-state index contributed by atoms with van der Waals surface area (Å²) in [5.74, 6) is 0.567. The van der Waals surface area contributed by atoms with Crippen molar-refractivity contribution in [3.05, 3.63) is 35.9 Å². The Labute approximate surface area is 165 Å². The Morgan fingerprint density at radius 1 is 1.04 bits per heavy atom. The molecule has 1 heterocycles. The van der Waals surface area contributed by atoms with E-state index in [1.165, 1.54) is 57.1 Å². The first kappa shape index (κ1) is 20.2. The number of nitrogens with one attached hydrogen (secondary N) is 1. The van der Waals surface area contributed by atoms with E-state index in [9.17, 15) is 4.79 Å². The summed E-state index contributed by atoms with van der Waals surface area (Å²) in [5, 5.41) is 3.23. The average molecular weight is 372 g/mol. The summed E-state index contributed by atoms with van der Waals surface area (Å²) in [6.07, 6.45) is 11.3. The third kappa shape index (κ3) is 6.53. The molecule has 4 nitrogen and oxygen atoms in total. The minimum absolute atomic E-state index is 0.126. The van der Waals surface area contributed by atoms with Gasteiger partial charge >= 0.3 is 6.03 Å². The molecule has 2 fully saturated rings. The van der Waals surface area contributed by atoms with Crippen LogP contribution in [0.1, 0.15) is 63.4 Å². The second-order valence-electron chi connectivity index (χ2n) is 8.52. The quantitative estimate of drug-likeness (QED) is 0.817. The van der Waals surface area contributed by atoms with E-state index in [1.807, 2.05) is 11.9 Å². The van der Waals surface area contributed by atoms with E-state index in [1.54, 1.807) is 0 Å². The minimum Gasteiger partial charge on any atom is -0.338 e. The zero-order valence-corrected chi connectivity index (χ0v) is 17.0. The number of hydrogen-bond acceptors (Lipinski definition) is 2. The highest BCUT2D eigenvalue weighted by molar-refractivity contribution is 5.74. The first-order valence-corrected chi connectivity index (χ1v) is 11.0. The van der Waals surface area contributed by atoms with Gasteiger partial charge in [-0.3, -0.25) is 4.90 Å². The van der Waals surface area contributed by atoms with Crippen LogP contribution in [0.2, 0.25) is 0 Å². The number of hydrogen-bond donors (Lipinski definition) is 1. The van der Waals surface area contributed by atoms with Gasteiger partial charge in [0.2, 0.25) is 0 Å². The summed E-state index contributed by atoms with van der Waals surface area (Å²) in [7, 11) is 1.99. The molecule has 2 amide bonds. The van der Waals surface area contributed by atoms with Gasteiger partial charge in [-0.2, -0.15) is 0 Å². The zero-order valence-electron chi connectivity index (χ0n) is 17.0. The van der Waals surface area contributed by atoms with Gasteiger partial charge < -0.3 is 10.2 Å². The van der Waals surface area contributed by atoms with Gasteiger partial charge in [0, 0.05) is 32.7 Å². The van der Waals surface area contributed by atoms with Crippen LogP contribution in [0.25, 0.3) is 0 Å². The van der Waals surface area contributed by atoms with Gasteiger partial charge in [0.05, 0.1) is 0 Å². The molecule has 0 aromatic heterocycles. The Kier molecular flexibility index (Phi) is 8.00. The van der Waals surface area contributed by atoms with Crippen molar-refractivity contribution in [1.29, 1.82) is 0 Å². The molecule has 1 saturated carbocycles. The van der Waals surface area contributed by atoms with E-state index in [0.717, 1.165) is 32.5 Å². The molecule has 0 bridgehead atoms. The fraction of sp³-hybridized carbons (Fsp3) is 0.696. The standard InChI is InChI=1S/C23H37N3O/c1-25(22-14-8-3-2-4-9-15-22)23(27)24-17-21-13-10-16-26(19-21)18-20-11-6-5-7-12-20/h5-7,11-12,21-22H,2-4,8-10,13-19H2,1H3,(H,24,27). The molecule has 4 heteroatoms. The van der Waals surface area contributed by atoms with Crippen molar-refractivity contribution in [2.75, 3.05) is 26.7 Å². The minimum atomic E-state index is 0.126. The lowest BCUT2D eigenvalue weighted by Gasteiger charge is -2.34. The molecule has 1 aromatic rings. The van der Waals surface area contributed by atoms with Crippen LogP contribution in [0.15, 0.2) is 30.3 Å². The van der Waals surface area contributed by atoms with Gasteiger partial charge in [-0.15, -0.1) is 0 Å². The number of likely N-dealkylation sites (tertiary alicyclic amines) is 1. The lowest BCUT2D eigenvalue weighted by Crippen LogP contribution is -2.47. The molecule has 1 aliphatic carbocycles. The second-order valence-corrected chi connectivity index (χ2v) is 8.52. The molecule has 150 valence electrons. The Bertz CT molecular complexity index is 554. The van der Waals surface area contributed by atoms with Crippen LogP contribution in [0.3, 0.4) is 0 Å². The molecular formula is C23H37N3O. The van der Waals surface area contributed by atoms with Gasteiger partial charge in [-0.05, 0) is 43.7 Å². The zero-order chi connectivity index (χ0) is 18.9. The van der Waals surface area contributed by atoms with Crippen LogP contribution in [0.4, 0.5) is 4.79 Å². The Hall–Kier alpha value is -1.55. The maximum absolute atomic E-state index is 12.7. The third-order valence-electron chi connectivity index (χ3n) is 6.34. The summed E-state index contributed by atoms with van der Waals surface area (Å²) >= 11 is 0. The van der Waals surface area contributed by atoms with Crippen molar-refractivity contribution in [2.45, 2.75) is 70.4 Å². The van der Waals surface area contributed by atoms with E-state index < -0.39 is 0 Å². The number of rotatable bonds is 5. The summed E-state index contributed by atoms with van der Waals surface area (Å²) < 4.78 is 0. The number of nitrogens with zero attached hydrogens (tertiary/aromatic N) is 2. The molecule has 27 heavy (non-hydrogen) atoms. The molecule has 1 atom stereocenters. The maximum atomic E-state index is 12.7. The highest BCUT2D eigenvalue weighted by Gasteiger charge is 2.23. The van der Waals surface area contributed by atoms with Crippen LogP contribution >= 0.6 is 0 Å². The summed E-state index contributed by atoms with van der Waals surface area (Å²) in [6.45, 7) is 4.08. The van der Waals surface area contributed by atoms with Gasteiger partial charge in [-0.25, -0.2) is 4.79 Å². The van der Waals surface area contributed by atoms with Crippen molar-refractivity contribution in [3.8, 4) is 0 Å². The number of benzene rings is 1. The second kappa shape index (κ2) is 10.7. The number of carbonyl (C=O) groups excluding carboxylic acids is 1. The fourth-order valence-electron chi connectivity index (χ4n) is 4.65. The van der Waals surface area contributed by atoms with Crippen molar-refractivity contribution in [2.24, 2.45) is 5.92 Å². The summed E-state index contributed by atoms with van der Waals surface area (Å²) in [4.78, 5) is 17.2. The van der Waals surface area contributed by atoms with Gasteiger partial charge in [0.15, 0.2) is 0 Å². The van der Waals surface area contributed by atoms with Gasteiger partial charge in [-0.1, -0.05) is 62.4 Å². The third-order valence-corrected chi connectivity index (χ3v) is 6.34. The van der Waals surface area contributed by atoms with Crippen LogP contribution in [0.5, 0.6) is 0 Å². The fourth-order valence-corrected chi connectivity index (χ4v) is 4.65. The molecule has 1 N–H and O–H groups in total. The van der Waals surface area contributed by atoms with Crippen LogP contribution in [0, 0.1) is 5.92 Å². The maximum Gasteiger partial charge on any atom is 0.317 e. The first-order chi connectivity index (χ1) is 13.2. The molecule has 0 radical (unpaired) electrons. The summed E-state index contributed by atoms with van der Waals surface area (Å²) in [5.41, 5.74) is 1.38. The predicted molar refractivity (Wildman–Crippen MR) is 112 cm³/mol. The average Bonchev–Trinajstić information content (AvgIpc) is 2.66. The normalized spacial score (nSPS) is 22.6. The topological polar surface area (TPSA) is 35.6 Å². The number of carbonyl (C=O) groups is 1. The molecule has 1 saturated heterocycles. The SMILES string of the molecule is CN(C(=O)NCC1CCCN(Cc2ccccc2)C1)C1CCCCCCC1. The van der Waals surface area contributed by atoms with E-state index in [-0.39, 0.29) is 6.03 Å². The summed E-state index contributed by atoms with van der Waals surface area (Å²) in [6, 6.07) is 11.3. The molecule has 3 rings (SSSR count). The molecule has 1 unspecified atom stereocenters. The molecule has 1 aliphatic heterocycles. The Morgan fingerprint density at radius 3 is 2.48 bits per heavy atom. The van der Waals surface area contributed by atoms with Crippen molar-refractivity contribution in [1.82, 2.24) is 15.1 Å². The highest BCUT2D eigenvalue weighted by Crippen LogP contribution is 2.21. The van der Waals surface area contributed by atoms with Gasteiger partial charge in [0.1, 0.15) is 0 Å². The number of urea groups is 1. The van der Waals surface area contributed by atoms with Crippen molar-refractivity contribution >= 4 is 6.03 Å². The molecular weight excluding hydrogens is 334 g/mol. The van der Waals surface area contributed by atoms with Crippen molar-refractivity contribution in [3.63, 3.8) is 0 Å². The largest absolute Gasteiger partial charge is 0.338 e. The predicted octanol–water partition coefficient (Wildman–Crippen LogP) is 4.65. The van der Waals surface area contributed by atoms with Gasteiger partial charge in [0.25, 0.3) is 0 Å².